The highest BCUT2D eigenvalue weighted by Gasteiger charge is 2.26. The molecule has 25 heavy (non-hydrogen) atoms. The van der Waals surface area contributed by atoms with Gasteiger partial charge in [-0.2, -0.15) is 4.31 Å². The Morgan fingerprint density at radius 2 is 1.56 bits per heavy atom. The molecular weight excluding hydrogens is 332 g/mol. The van der Waals surface area contributed by atoms with E-state index in [1.54, 1.807) is 34.8 Å². The van der Waals surface area contributed by atoms with Crippen LogP contribution in [-0.4, -0.2) is 32.0 Å². The third-order valence-electron chi connectivity index (χ3n) is 4.51. The molecule has 4 nitrogen and oxygen atoms in total. The number of rotatable bonds is 5. The summed E-state index contributed by atoms with van der Waals surface area (Å²) < 4.78 is 26.6. The van der Waals surface area contributed by atoms with E-state index in [9.17, 15) is 8.42 Å². The van der Waals surface area contributed by atoms with E-state index in [0.717, 1.165) is 24.1 Å². The van der Waals surface area contributed by atoms with Crippen LogP contribution in [0.4, 0.5) is 5.69 Å². The zero-order chi connectivity index (χ0) is 17.9. The van der Waals surface area contributed by atoms with E-state index in [4.69, 9.17) is 0 Å². The highest BCUT2D eigenvalue weighted by molar-refractivity contribution is 7.89. The van der Waals surface area contributed by atoms with Gasteiger partial charge >= 0.3 is 0 Å². The first-order chi connectivity index (χ1) is 12.0. The number of hydrogen-bond acceptors (Lipinski definition) is 3. The monoisotopic (exact) mass is 356 g/mol. The lowest BCUT2D eigenvalue weighted by Gasteiger charge is -2.15. The number of nitrogens with zero attached hydrogens (tertiary/aromatic N) is 2. The summed E-state index contributed by atoms with van der Waals surface area (Å²) in [5.41, 5.74) is 3.07. The van der Waals surface area contributed by atoms with Gasteiger partial charge in [0.25, 0.3) is 0 Å². The van der Waals surface area contributed by atoms with Gasteiger partial charge in [0, 0.05) is 19.3 Å². The van der Waals surface area contributed by atoms with Crippen LogP contribution in [0.2, 0.25) is 0 Å². The van der Waals surface area contributed by atoms with Gasteiger partial charge < -0.3 is 0 Å². The highest BCUT2D eigenvalue weighted by Crippen LogP contribution is 2.23. The molecule has 0 atom stereocenters. The Balaban J connectivity index is 1.72. The van der Waals surface area contributed by atoms with E-state index < -0.39 is 10.0 Å². The summed E-state index contributed by atoms with van der Waals surface area (Å²) in [6, 6.07) is 15.1. The van der Waals surface area contributed by atoms with Crippen LogP contribution in [0, 0.1) is 0 Å². The van der Waals surface area contributed by atoms with Gasteiger partial charge in [0.05, 0.1) is 10.6 Å². The minimum atomic E-state index is -3.35. The smallest absolute Gasteiger partial charge is 0.243 e. The first-order valence-electron chi connectivity index (χ1n) is 8.71. The van der Waals surface area contributed by atoms with E-state index in [1.807, 2.05) is 12.1 Å². The molecule has 0 aromatic heterocycles. The minimum Gasteiger partial charge on any atom is -0.256 e. The number of sulfonamides is 1. The number of hydrogen-bond donors (Lipinski definition) is 0. The molecule has 0 saturated carbocycles. The second-order valence-electron chi connectivity index (χ2n) is 6.68. The van der Waals surface area contributed by atoms with E-state index in [2.05, 4.69) is 31.0 Å². The number of benzene rings is 2. The molecule has 0 N–H and O–H groups in total. The Morgan fingerprint density at radius 1 is 0.960 bits per heavy atom. The Hall–Kier alpha value is -1.98. The largest absolute Gasteiger partial charge is 0.256 e. The fraction of sp³-hybridized carbons (Fsp3) is 0.350. The maximum Gasteiger partial charge on any atom is 0.243 e. The van der Waals surface area contributed by atoms with Gasteiger partial charge in [-0.25, -0.2) is 8.42 Å². The van der Waals surface area contributed by atoms with Crippen LogP contribution >= 0.6 is 0 Å². The van der Waals surface area contributed by atoms with Crippen LogP contribution in [0.15, 0.2) is 58.4 Å². The molecule has 3 rings (SSSR count). The van der Waals surface area contributed by atoms with E-state index in [1.165, 1.54) is 5.56 Å². The minimum absolute atomic E-state index is 0.342. The van der Waals surface area contributed by atoms with Gasteiger partial charge in [-0.3, -0.25) is 4.99 Å². The molecule has 0 radical (unpaired) electrons. The summed E-state index contributed by atoms with van der Waals surface area (Å²) in [5, 5.41) is 0. The number of aliphatic imine (C=N–C) groups is 1. The average Bonchev–Trinajstić information content (AvgIpc) is 3.16. The Kier molecular flexibility index (Phi) is 5.35. The second kappa shape index (κ2) is 7.50. The summed E-state index contributed by atoms with van der Waals surface area (Å²) in [5.74, 6) is 0.510. The molecule has 1 heterocycles. The van der Waals surface area contributed by atoms with Crippen LogP contribution < -0.4 is 0 Å². The van der Waals surface area contributed by atoms with Crippen molar-refractivity contribution in [3.05, 3.63) is 59.7 Å². The molecule has 1 fully saturated rings. The standard InChI is InChI=1S/C20H24N2O2S/c1-16(2)18-7-5-17(6-8-18)15-21-19-9-11-20(12-10-19)25(23,24)22-13-3-4-14-22/h5-12,15-16H,3-4,13-14H2,1-2H3. The fourth-order valence-corrected chi connectivity index (χ4v) is 4.41. The molecule has 5 heteroatoms. The summed E-state index contributed by atoms with van der Waals surface area (Å²) in [4.78, 5) is 4.78. The summed E-state index contributed by atoms with van der Waals surface area (Å²) in [6.45, 7) is 5.57. The van der Waals surface area contributed by atoms with Crippen molar-refractivity contribution >= 4 is 21.9 Å². The van der Waals surface area contributed by atoms with Crippen molar-refractivity contribution < 1.29 is 8.42 Å². The normalized spacial score (nSPS) is 16.1. The van der Waals surface area contributed by atoms with Crippen LogP contribution in [0.25, 0.3) is 0 Å². The molecule has 0 aliphatic carbocycles. The van der Waals surface area contributed by atoms with E-state index in [-0.39, 0.29) is 0 Å². The van der Waals surface area contributed by atoms with Crippen molar-refractivity contribution in [2.45, 2.75) is 37.5 Å². The Morgan fingerprint density at radius 3 is 2.12 bits per heavy atom. The molecule has 0 amide bonds. The third-order valence-corrected chi connectivity index (χ3v) is 6.42. The molecular formula is C20H24N2O2S. The zero-order valence-electron chi connectivity index (χ0n) is 14.7. The van der Waals surface area contributed by atoms with Gasteiger partial charge in [-0.1, -0.05) is 38.1 Å². The van der Waals surface area contributed by atoms with Crippen LogP contribution in [0.3, 0.4) is 0 Å². The van der Waals surface area contributed by atoms with Crippen molar-refractivity contribution in [2.75, 3.05) is 13.1 Å². The van der Waals surface area contributed by atoms with Gasteiger partial charge in [-0.05, 0) is 54.2 Å². The SMILES string of the molecule is CC(C)c1ccc(C=Nc2ccc(S(=O)(=O)N3CCCC3)cc2)cc1. The van der Waals surface area contributed by atoms with Crippen LogP contribution in [0.1, 0.15) is 43.7 Å². The second-order valence-corrected chi connectivity index (χ2v) is 8.62. The topological polar surface area (TPSA) is 49.7 Å². The summed E-state index contributed by atoms with van der Waals surface area (Å²) >= 11 is 0. The average molecular weight is 356 g/mol. The maximum absolute atomic E-state index is 12.5. The van der Waals surface area contributed by atoms with E-state index in [0.29, 0.717) is 23.9 Å². The zero-order valence-corrected chi connectivity index (χ0v) is 15.5. The first kappa shape index (κ1) is 17.8. The van der Waals surface area contributed by atoms with Crippen molar-refractivity contribution in [2.24, 2.45) is 4.99 Å². The van der Waals surface area contributed by atoms with Crippen LogP contribution in [-0.2, 0) is 10.0 Å². The molecule has 1 saturated heterocycles. The fourth-order valence-electron chi connectivity index (χ4n) is 2.90. The Bertz CT molecular complexity index is 832. The lowest BCUT2D eigenvalue weighted by Crippen LogP contribution is -2.27. The lowest BCUT2D eigenvalue weighted by atomic mass is 10.0. The lowest BCUT2D eigenvalue weighted by molar-refractivity contribution is 0.477. The van der Waals surface area contributed by atoms with Crippen molar-refractivity contribution in [1.82, 2.24) is 4.31 Å². The van der Waals surface area contributed by atoms with E-state index >= 15 is 0 Å². The third kappa shape index (κ3) is 4.17. The Labute approximate surface area is 150 Å². The van der Waals surface area contributed by atoms with Crippen molar-refractivity contribution in [3.63, 3.8) is 0 Å². The molecule has 2 aromatic carbocycles. The highest BCUT2D eigenvalue weighted by atomic mass is 32.2. The van der Waals surface area contributed by atoms with Gasteiger partial charge in [0.15, 0.2) is 0 Å². The molecule has 1 aliphatic heterocycles. The van der Waals surface area contributed by atoms with Crippen molar-refractivity contribution in [3.8, 4) is 0 Å². The van der Waals surface area contributed by atoms with Gasteiger partial charge in [0.2, 0.25) is 10.0 Å². The van der Waals surface area contributed by atoms with Crippen molar-refractivity contribution in [1.29, 1.82) is 0 Å². The quantitative estimate of drug-likeness (QED) is 0.748. The summed E-state index contributed by atoms with van der Waals surface area (Å²) in [7, 11) is -3.35. The van der Waals surface area contributed by atoms with Gasteiger partial charge in [0.1, 0.15) is 0 Å². The van der Waals surface area contributed by atoms with Crippen LogP contribution in [0.5, 0.6) is 0 Å². The molecule has 132 valence electrons. The predicted molar refractivity (Wildman–Crippen MR) is 102 cm³/mol. The predicted octanol–water partition coefficient (Wildman–Crippen LogP) is 4.35. The molecule has 2 aromatic rings. The molecule has 0 unspecified atom stereocenters. The molecule has 1 aliphatic rings. The molecule has 0 bridgehead atoms. The first-order valence-corrected chi connectivity index (χ1v) is 10.1. The summed E-state index contributed by atoms with van der Waals surface area (Å²) in [6.07, 6.45) is 3.68. The molecule has 0 spiro atoms. The van der Waals surface area contributed by atoms with Gasteiger partial charge in [-0.15, -0.1) is 0 Å². The maximum atomic E-state index is 12.5.